The SMILES string of the molecule is Cc1nc(-c2ccc(C)c(NC(=O)c3cnn4ccsc34)c2)no1. The van der Waals surface area contributed by atoms with Crippen LogP contribution < -0.4 is 5.32 Å². The quantitative estimate of drug-likeness (QED) is 0.619. The molecule has 8 heteroatoms. The second-order valence-electron chi connectivity index (χ2n) is 5.33. The van der Waals surface area contributed by atoms with Crippen LogP contribution in [0.3, 0.4) is 0 Å². The summed E-state index contributed by atoms with van der Waals surface area (Å²) in [6, 6.07) is 5.65. The number of nitrogens with one attached hydrogen (secondary N) is 1. The molecule has 0 fully saturated rings. The molecule has 0 saturated heterocycles. The number of aromatic nitrogens is 4. The fourth-order valence-corrected chi connectivity index (χ4v) is 3.18. The normalized spacial score (nSPS) is 11.1. The summed E-state index contributed by atoms with van der Waals surface area (Å²) >= 11 is 1.47. The van der Waals surface area contributed by atoms with Crippen molar-refractivity contribution in [3.63, 3.8) is 0 Å². The second kappa shape index (κ2) is 5.57. The van der Waals surface area contributed by atoms with E-state index in [0.717, 1.165) is 16.0 Å². The van der Waals surface area contributed by atoms with Crippen LogP contribution in [0, 0.1) is 13.8 Å². The largest absolute Gasteiger partial charge is 0.339 e. The summed E-state index contributed by atoms with van der Waals surface area (Å²) in [7, 11) is 0. The van der Waals surface area contributed by atoms with Gasteiger partial charge in [-0.05, 0) is 18.6 Å². The van der Waals surface area contributed by atoms with E-state index in [4.69, 9.17) is 4.52 Å². The summed E-state index contributed by atoms with van der Waals surface area (Å²) in [5, 5.41) is 12.9. The third-order valence-corrected chi connectivity index (χ3v) is 4.54. The Balaban J connectivity index is 1.66. The number of rotatable bonds is 3. The molecule has 0 unspecified atom stereocenters. The average Bonchev–Trinajstić information content (AvgIpc) is 3.25. The van der Waals surface area contributed by atoms with Crippen molar-refractivity contribution < 1.29 is 9.32 Å². The molecule has 3 heterocycles. The van der Waals surface area contributed by atoms with Crippen LogP contribution in [0.4, 0.5) is 5.69 Å². The number of aryl methyl sites for hydroxylation is 2. The molecule has 0 atom stereocenters. The van der Waals surface area contributed by atoms with Crippen molar-refractivity contribution in [2.45, 2.75) is 13.8 Å². The van der Waals surface area contributed by atoms with Gasteiger partial charge < -0.3 is 9.84 Å². The highest BCUT2D eigenvalue weighted by atomic mass is 32.1. The zero-order valence-corrected chi connectivity index (χ0v) is 13.8. The molecule has 0 radical (unpaired) electrons. The molecular formula is C16H13N5O2S. The van der Waals surface area contributed by atoms with Crippen molar-refractivity contribution in [2.24, 2.45) is 0 Å². The Hall–Kier alpha value is -3.00. The lowest BCUT2D eigenvalue weighted by Crippen LogP contribution is -2.12. The summed E-state index contributed by atoms with van der Waals surface area (Å²) in [6.45, 7) is 3.67. The van der Waals surface area contributed by atoms with Gasteiger partial charge in [0, 0.05) is 29.8 Å². The minimum atomic E-state index is -0.197. The van der Waals surface area contributed by atoms with Gasteiger partial charge in [0.2, 0.25) is 11.7 Å². The Labute approximate surface area is 140 Å². The molecule has 0 saturated carbocycles. The first-order chi connectivity index (χ1) is 11.6. The van der Waals surface area contributed by atoms with Gasteiger partial charge in [-0.15, -0.1) is 11.3 Å². The topological polar surface area (TPSA) is 85.3 Å². The van der Waals surface area contributed by atoms with E-state index in [1.54, 1.807) is 17.6 Å². The molecule has 120 valence electrons. The summed E-state index contributed by atoms with van der Waals surface area (Å²) < 4.78 is 6.70. The Kier molecular flexibility index (Phi) is 3.39. The van der Waals surface area contributed by atoms with E-state index in [2.05, 4.69) is 20.6 Å². The van der Waals surface area contributed by atoms with Gasteiger partial charge >= 0.3 is 0 Å². The van der Waals surface area contributed by atoms with Gasteiger partial charge in [-0.25, -0.2) is 4.52 Å². The van der Waals surface area contributed by atoms with E-state index in [-0.39, 0.29) is 5.91 Å². The van der Waals surface area contributed by atoms with Gasteiger partial charge in [0.1, 0.15) is 4.83 Å². The van der Waals surface area contributed by atoms with Crippen molar-refractivity contribution in [1.29, 1.82) is 0 Å². The lowest BCUT2D eigenvalue weighted by Gasteiger charge is -2.08. The van der Waals surface area contributed by atoms with Crippen LogP contribution in [0.5, 0.6) is 0 Å². The maximum atomic E-state index is 12.6. The first-order valence-electron chi connectivity index (χ1n) is 7.25. The molecule has 1 amide bonds. The van der Waals surface area contributed by atoms with E-state index in [0.29, 0.717) is 23.0 Å². The van der Waals surface area contributed by atoms with E-state index < -0.39 is 0 Å². The minimum absolute atomic E-state index is 0.197. The van der Waals surface area contributed by atoms with Crippen molar-refractivity contribution in [3.8, 4) is 11.4 Å². The van der Waals surface area contributed by atoms with E-state index in [9.17, 15) is 4.79 Å². The molecule has 7 nitrogen and oxygen atoms in total. The lowest BCUT2D eigenvalue weighted by molar-refractivity contribution is 0.102. The van der Waals surface area contributed by atoms with Gasteiger partial charge in [-0.1, -0.05) is 17.3 Å². The number of fused-ring (bicyclic) bond motifs is 1. The van der Waals surface area contributed by atoms with Crippen molar-refractivity contribution >= 4 is 27.8 Å². The van der Waals surface area contributed by atoms with E-state index >= 15 is 0 Å². The average molecular weight is 339 g/mol. The molecule has 0 bridgehead atoms. The Bertz CT molecular complexity index is 1050. The molecule has 24 heavy (non-hydrogen) atoms. The van der Waals surface area contributed by atoms with Crippen molar-refractivity contribution in [2.75, 3.05) is 5.32 Å². The number of hydrogen-bond acceptors (Lipinski definition) is 6. The van der Waals surface area contributed by atoms with Gasteiger partial charge in [0.25, 0.3) is 5.91 Å². The Morgan fingerprint density at radius 1 is 1.33 bits per heavy atom. The molecule has 1 N–H and O–H groups in total. The predicted octanol–water partition coefficient (Wildman–Crippen LogP) is 3.31. The molecular weight excluding hydrogens is 326 g/mol. The van der Waals surface area contributed by atoms with E-state index in [1.165, 1.54) is 11.3 Å². The molecule has 1 aromatic carbocycles. The highest BCUT2D eigenvalue weighted by Gasteiger charge is 2.15. The standard InChI is InChI=1S/C16H13N5O2S/c1-9-3-4-11(14-18-10(2)23-20-14)7-13(9)19-15(22)12-8-17-21-5-6-24-16(12)21/h3-8H,1-2H3,(H,19,22). The summed E-state index contributed by atoms with van der Waals surface area (Å²) in [5.74, 6) is 0.794. The zero-order chi connectivity index (χ0) is 16.7. The molecule has 0 aliphatic heterocycles. The number of carbonyl (C=O) groups excluding carboxylic acids is 1. The summed E-state index contributed by atoms with van der Waals surface area (Å²) in [5.41, 5.74) is 2.98. The van der Waals surface area contributed by atoms with Crippen LogP contribution in [-0.2, 0) is 0 Å². The number of carbonyl (C=O) groups is 1. The molecule has 0 aliphatic rings. The van der Waals surface area contributed by atoms with Crippen molar-refractivity contribution in [1.82, 2.24) is 19.8 Å². The molecule has 3 aromatic heterocycles. The first-order valence-corrected chi connectivity index (χ1v) is 8.13. The Morgan fingerprint density at radius 3 is 3.00 bits per heavy atom. The number of amides is 1. The van der Waals surface area contributed by atoms with Gasteiger partial charge in [-0.3, -0.25) is 4.79 Å². The van der Waals surface area contributed by atoms with Crippen LogP contribution in [0.2, 0.25) is 0 Å². The number of anilines is 1. The second-order valence-corrected chi connectivity index (χ2v) is 6.23. The van der Waals surface area contributed by atoms with Gasteiger partial charge in [-0.2, -0.15) is 10.1 Å². The minimum Gasteiger partial charge on any atom is -0.339 e. The summed E-state index contributed by atoms with van der Waals surface area (Å²) in [6.07, 6.45) is 3.39. The van der Waals surface area contributed by atoms with E-state index in [1.807, 2.05) is 36.7 Å². The van der Waals surface area contributed by atoms with Crippen LogP contribution >= 0.6 is 11.3 Å². The highest BCUT2D eigenvalue weighted by Crippen LogP contribution is 2.25. The van der Waals surface area contributed by atoms with Crippen molar-refractivity contribution in [3.05, 3.63) is 53.0 Å². The highest BCUT2D eigenvalue weighted by molar-refractivity contribution is 7.15. The number of thiazole rings is 1. The van der Waals surface area contributed by atoms with Crippen LogP contribution in [-0.4, -0.2) is 25.7 Å². The fraction of sp³-hybridized carbons (Fsp3) is 0.125. The van der Waals surface area contributed by atoms with Gasteiger partial charge in [0.15, 0.2) is 0 Å². The summed E-state index contributed by atoms with van der Waals surface area (Å²) in [4.78, 5) is 17.6. The van der Waals surface area contributed by atoms with Crippen LogP contribution in [0.15, 0.2) is 40.5 Å². The predicted molar refractivity (Wildman–Crippen MR) is 90.2 cm³/mol. The smallest absolute Gasteiger partial charge is 0.260 e. The lowest BCUT2D eigenvalue weighted by atomic mass is 10.1. The maximum absolute atomic E-state index is 12.6. The maximum Gasteiger partial charge on any atom is 0.260 e. The molecule has 0 aliphatic carbocycles. The number of benzene rings is 1. The molecule has 4 aromatic rings. The monoisotopic (exact) mass is 339 g/mol. The number of nitrogens with zero attached hydrogens (tertiary/aromatic N) is 4. The number of hydrogen-bond donors (Lipinski definition) is 1. The molecule has 0 spiro atoms. The first kappa shape index (κ1) is 14.6. The fourth-order valence-electron chi connectivity index (χ4n) is 2.38. The van der Waals surface area contributed by atoms with Crippen LogP contribution in [0.1, 0.15) is 21.8 Å². The third-order valence-electron chi connectivity index (χ3n) is 3.65. The Morgan fingerprint density at radius 2 is 2.21 bits per heavy atom. The zero-order valence-electron chi connectivity index (χ0n) is 13.0. The van der Waals surface area contributed by atoms with Crippen LogP contribution in [0.25, 0.3) is 16.2 Å². The molecule has 4 rings (SSSR count). The third kappa shape index (κ3) is 2.46. The van der Waals surface area contributed by atoms with Gasteiger partial charge in [0.05, 0.1) is 11.8 Å².